The van der Waals surface area contributed by atoms with Crippen LogP contribution in [0.1, 0.15) is 13.8 Å². The van der Waals surface area contributed by atoms with Gasteiger partial charge in [0.2, 0.25) is 0 Å². The third kappa shape index (κ3) is 6.12. The van der Waals surface area contributed by atoms with E-state index in [0.717, 1.165) is 0 Å². The summed E-state index contributed by atoms with van der Waals surface area (Å²) in [5, 5.41) is 11.3. The third-order valence-corrected chi connectivity index (χ3v) is 1.28. The van der Waals surface area contributed by atoms with Gasteiger partial charge in [0, 0.05) is 13.1 Å². The van der Waals surface area contributed by atoms with Gasteiger partial charge in [-0.1, -0.05) is 13.8 Å². The first-order chi connectivity index (χ1) is 5.68. The minimum absolute atomic E-state index is 0.0668. The predicted molar refractivity (Wildman–Crippen MR) is 45.8 cm³/mol. The Morgan fingerprint density at radius 2 is 2.17 bits per heavy atom. The predicted octanol–water partition coefficient (Wildman–Crippen LogP) is -0.233. The fraction of sp³-hybridized carbons (Fsp3) is 0.875. The molecule has 0 atom stereocenters. The van der Waals surface area contributed by atoms with Gasteiger partial charge < -0.3 is 15.2 Å². The Bertz CT molecular complexity index is 125. The zero-order valence-electron chi connectivity index (χ0n) is 7.67. The first-order valence-corrected chi connectivity index (χ1v) is 4.16. The van der Waals surface area contributed by atoms with Crippen molar-refractivity contribution in [3.8, 4) is 0 Å². The van der Waals surface area contributed by atoms with E-state index >= 15 is 0 Å². The van der Waals surface area contributed by atoms with Crippen LogP contribution in [0.2, 0.25) is 0 Å². The van der Waals surface area contributed by atoms with E-state index in [1.54, 1.807) is 13.8 Å². The molecule has 0 amide bonds. The summed E-state index contributed by atoms with van der Waals surface area (Å²) >= 11 is 0. The molecule has 0 saturated carbocycles. The van der Waals surface area contributed by atoms with Crippen molar-refractivity contribution in [2.75, 3.05) is 26.3 Å². The summed E-state index contributed by atoms with van der Waals surface area (Å²) in [5.74, 6) is -0.247. The molecule has 2 N–H and O–H groups in total. The number of hydrogen-bond acceptors (Lipinski definition) is 4. The molecule has 0 heterocycles. The van der Waals surface area contributed by atoms with Gasteiger partial charge in [0.1, 0.15) is 6.61 Å². The van der Waals surface area contributed by atoms with E-state index in [0.29, 0.717) is 19.7 Å². The van der Waals surface area contributed by atoms with Crippen molar-refractivity contribution >= 4 is 5.97 Å². The maximum absolute atomic E-state index is 10.9. The van der Waals surface area contributed by atoms with Crippen molar-refractivity contribution in [1.82, 2.24) is 5.32 Å². The lowest BCUT2D eigenvalue weighted by Crippen LogP contribution is -2.25. The van der Waals surface area contributed by atoms with Gasteiger partial charge in [-0.2, -0.15) is 0 Å². The Kier molecular flexibility index (Phi) is 6.70. The lowest BCUT2D eigenvalue weighted by molar-refractivity contribution is -0.147. The Labute approximate surface area is 72.9 Å². The van der Waals surface area contributed by atoms with Gasteiger partial charge in [-0.3, -0.25) is 4.79 Å². The maximum atomic E-state index is 10.9. The van der Waals surface area contributed by atoms with Crippen LogP contribution in [0.25, 0.3) is 0 Å². The number of rotatable bonds is 6. The number of aliphatic hydroxyl groups is 1. The Morgan fingerprint density at radius 1 is 1.50 bits per heavy atom. The first-order valence-electron chi connectivity index (χ1n) is 4.16. The second-order valence-corrected chi connectivity index (χ2v) is 2.80. The van der Waals surface area contributed by atoms with Crippen LogP contribution in [0, 0.1) is 5.92 Å². The number of ether oxygens (including phenoxy) is 1. The molecule has 12 heavy (non-hydrogen) atoms. The zero-order chi connectivity index (χ0) is 9.40. The standard InChI is InChI=1S/C8H17NO3/c1-7(2)8(11)12-6-4-9-3-5-10/h7,9-10H,3-6H2,1-2H3. The van der Waals surface area contributed by atoms with Gasteiger partial charge >= 0.3 is 5.97 Å². The first kappa shape index (κ1) is 11.4. The molecule has 0 aliphatic heterocycles. The number of carbonyl (C=O) groups excluding carboxylic acids is 1. The molecule has 0 radical (unpaired) electrons. The average molecular weight is 175 g/mol. The molecular weight excluding hydrogens is 158 g/mol. The molecule has 4 nitrogen and oxygen atoms in total. The van der Waals surface area contributed by atoms with Crippen LogP contribution < -0.4 is 5.32 Å². The zero-order valence-corrected chi connectivity index (χ0v) is 7.67. The smallest absolute Gasteiger partial charge is 0.308 e. The van der Waals surface area contributed by atoms with Gasteiger partial charge in [0.15, 0.2) is 0 Å². The van der Waals surface area contributed by atoms with Crippen molar-refractivity contribution in [3.63, 3.8) is 0 Å². The highest BCUT2D eigenvalue weighted by molar-refractivity contribution is 5.71. The van der Waals surface area contributed by atoms with E-state index in [-0.39, 0.29) is 18.5 Å². The third-order valence-electron chi connectivity index (χ3n) is 1.28. The highest BCUT2D eigenvalue weighted by Crippen LogP contribution is 1.94. The van der Waals surface area contributed by atoms with Crippen LogP contribution >= 0.6 is 0 Å². The summed E-state index contributed by atoms with van der Waals surface area (Å²) < 4.78 is 4.87. The quantitative estimate of drug-likeness (QED) is 0.432. The van der Waals surface area contributed by atoms with Crippen LogP contribution in [0.15, 0.2) is 0 Å². The number of hydrogen-bond donors (Lipinski definition) is 2. The number of esters is 1. The molecule has 0 aliphatic rings. The lowest BCUT2D eigenvalue weighted by Gasteiger charge is -2.06. The highest BCUT2D eigenvalue weighted by atomic mass is 16.5. The minimum atomic E-state index is -0.180. The number of carbonyl (C=O) groups is 1. The summed E-state index contributed by atoms with van der Waals surface area (Å²) in [5.41, 5.74) is 0. The molecular formula is C8H17NO3. The molecule has 0 bridgehead atoms. The Morgan fingerprint density at radius 3 is 2.67 bits per heavy atom. The van der Waals surface area contributed by atoms with Crippen LogP contribution in [0.5, 0.6) is 0 Å². The van der Waals surface area contributed by atoms with Gasteiger partial charge in [0.25, 0.3) is 0 Å². The largest absolute Gasteiger partial charge is 0.464 e. The second kappa shape index (κ2) is 7.06. The SMILES string of the molecule is CC(C)C(=O)OCCNCCO. The van der Waals surface area contributed by atoms with E-state index < -0.39 is 0 Å². The van der Waals surface area contributed by atoms with E-state index in [1.807, 2.05) is 0 Å². The van der Waals surface area contributed by atoms with Crippen molar-refractivity contribution in [1.29, 1.82) is 0 Å². The molecule has 0 aromatic heterocycles. The second-order valence-electron chi connectivity index (χ2n) is 2.80. The fourth-order valence-corrected chi connectivity index (χ4v) is 0.595. The monoisotopic (exact) mass is 175 g/mol. The van der Waals surface area contributed by atoms with E-state index in [1.165, 1.54) is 0 Å². The van der Waals surface area contributed by atoms with Gasteiger partial charge in [-0.25, -0.2) is 0 Å². The molecule has 72 valence electrons. The Balaban J connectivity index is 3.14. The topological polar surface area (TPSA) is 58.6 Å². The molecule has 0 fully saturated rings. The fourth-order valence-electron chi connectivity index (χ4n) is 0.595. The van der Waals surface area contributed by atoms with Crippen molar-refractivity contribution < 1.29 is 14.6 Å². The summed E-state index contributed by atoms with van der Waals surface area (Å²) in [4.78, 5) is 10.9. The summed E-state index contributed by atoms with van der Waals surface area (Å²) in [6.45, 7) is 5.21. The molecule has 0 aliphatic carbocycles. The van der Waals surface area contributed by atoms with Crippen LogP contribution in [0.3, 0.4) is 0 Å². The lowest BCUT2D eigenvalue weighted by atomic mass is 10.2. The molecule has 0 aromatic rings. The normalized spacial score (nSPS) is 10.3. The molecule has 0 spiro atoms. The molecule has 0 saturated heterocycles. The average Bonchev–Trinajstić information content (AvgIpc) is 2.03. The molecule has 0 rings (SSSR count). The maximum Gasteiger partial charge on any atom is 0.308 e. The molecule has 0 unspecified atom stereocenters. The summed E-state index contributed by atoms with van der Waals surface area (Å²) in [7, 11) is 0. The summed E-state index contributed by atoms with van der Waals surface area (Å²) in [6, 6.07) is 0. The van der Waals surface area contributed by atoms with Crippen LogP contribution in [-0.4, -0.2) is 37.4 Å². The van der Waals surface area contributed by atoms with E-state index in [2.05, 4.69) is 5.32 Å². The van der Waals surface area contributed by atoms with Crippen molar-refractivity contribution in [2.45, 2.75) is 13.8 Å². The molecule has 0 aromatic carbocycles. The van der Waals surface area contributed by atoms with Crippen molar-refractivity contribution in [2.24, 2.45) is 5.92 Å². The van der Waals surface area contributed by atoms with Gasteiger partial charge in [-0.05, 0) is 0 Å². The highest BCUT2D eigenvalue weighted by Gasteiger charge is 2.06. The van der Waals surface area contributed by atoms with Crippen molar-refractivity contribution in [3.05, 3.63) is 0 Å². The minimum Gasteiger partial charge on any atom is -0.464 e. The van der Waals surface area contributed by atoms with Crippen LogP contribution in [-0.2, 0) is 9.53 Å². The molecule has 4 heteroatoms. The Hall–Kier alpha value is -0.610. The number of nitrogens with one attached hydrogen (secondary N) is 1. The van der Waals surface area contributed by atoms with E-state index in [9.17, 15) is 4.79 Å². The van der Waals surface area contributed by atoms with E-state index in [4.69, 9.17) is 9.84 Å². The van der Waals surface area contributed by atoms with Gasteiger partial charge in [0.05, 0.1) is 12.5 Å². The summed E-state index contributed by atoms with van der Waals surface area (Å²) in [6.07, 6.45) is 0. The van der Waals surface area contributed by atoms with Crippen LogP contribution in [0.4, 0.5) is 0 Å². The van der Waals surface area contributed by atoms with Gasteiger partial charge in [-0.15, -0.1) is 0 Å². The number of aliphatic hydroxyl groups excluding tert-OH is 1.